The summed E-state index contributed by atoms with van der Waals surface area (Å²) in [6.45, 7) is 0.295. The second kappa shape index (κ2) is 7.99. The molecule has 0 aliphatic carbocycles. The van der Waals surface area contributed by atoms with E-state index in [1.54, 1.807) is 43.4 Å². The van der Waals surface area contributed by atoms with Crippen molar-refractivity contribution in [3.05, 3.63) is 42.5 Å². The van der Waals surface area contributed by atoms with Crippen LogP contribution in [0.25, 0.3) is 0 Å². The number of anilines is 2. The average molecular weight is 370 g/mol. The summed E-state index contributed by atoms with van der Waals surface area (Å²) in [4.78, 5) is 26.8. The number of nitrogens with zero attached hydrogens (tertiary/aromatic N) is 1. The van der Waals surface area contributed by atoms with Gasteiger partial charge in [0.2, 0.25) is 11.8 Å². The second-order valence-corrected chi connectivity index (χ2v) is 6.13. The first kappa shape index (κ1) is 18.6. The third-order valence-corrected chi connectivity index (χ3v) is 4.54. The number of carbonyl (C=O) groups is 2. The number of methoxy groups -OCH3 is 3. The molecule has 0 radical (unpaired) electrons. The molecule has 0 unspecified atom stereocenters. The van der Waals surface area contributed by atoms with E-state index >= 15 is 0 Å². The standard InChI is InChI=1S/C20H22N2O5/c1-25-14-8-9-15(18(11-14)27-3)21-20(24)13-10-19(23)22(12-13)16-6-4-5-7-17(16)26-2/h4-9,11,13H,10,12H2,1-3H3,(H,21,24)/t13-/m0/s1. The molecule has 0 saturated carbocycles. The van der Waals surface area contributed by atoms with Crippen molar-refractivity contribution in [2.75, 3.05) is 38.1 Å². The Morgan fingerprint density at radius 3 is 2.48 bits per heavy atom. The number of benzene rings is 2. The van der Waals surface area contributed by atoms with Crippen LogP contribution in [0.4, 0.5) is 11.4 Å². The van der Waals surface area contributed by atoms with Crippen LogP contribution < -0.4 is 24.4 Å². The quantitative estimate of drug-likeness (QED) is 0.846. The highest BCUT2D eigenvalue weighted by molar-refractivity contribution is 6.04. The minimum atomic E-state index is -0.464. The Hall–Kier alpha value is -3.22. The van der Waals surface area contributed by atoms with Crippen molar-refractivity contribution < 1.29 is 23.8 Å². The van der Waals surface area contributed by atoms with E-state index in [9.17, 15) is 9.59 Å². The fourth-order valence-corrected chi connectivity index (χ4v) is 3.11. The maximum Gasteiger partial charge on any atom is 0.229 e. The Labute approximate surface area is 157 Å². The molecule has 0 spiro atoms. The van der Waals surface area contributed by atoms with Crippen molar-refractivity contribution in [1.29, 1.82) is 0 Å². The third-order valence-electron chi connectivity index (χ3n) is 4.54. The zero-order valence-electron chi connectivity index (χ0n) is 15.5. The molecule has 1 aliphatic heterocycles. The van der Waals surface area contributed by atoms with Crippen molar-refractivity contribution >= 4 is 23.2 Å². The van der Waals surface area contributed by atoms with Crippen molar-refractivity contribution in [2.24, 2.45) is 5.92 Å². The topological polar surface area (TPSA) is 77.1 Å². The molecule has 7 nitrogen and oxygen atoms in total. The molecule has 7 heteroatoms. The Morgan fingerprint density at radius 2 is 1.78 bits per heavy atom. The highest BCUT2D eigenvalue weighted by Crippen LogP contribution is 2.34. The summed E-state index contributed by atoms with van der Waals surface area (Å²) in [5, 5.41) is 2.85. The number of rotatable bonds is 6. The summed E-state index contributed by atoms with van der Waals surface area (Å²) in [7, 11) is 4.63. The molecule has 2 aromatic carbocycles. The minimum absolute atomic E-state index is 0.110. The van der Waals surface area contributed by atoms with E-state index < -0.39 is 5.92 Å². The lowest BCUT2D eigenvalue weighted by Gasteiger charge is -2.19. The molecule has 3 rings (SSSR count). The molecule has 1 heterocycles. The van der Waals surface area contributed by atoms with Crippen molar-refractivity contribution in [1.82, 2.24) is 0 Å². The van der Waals surface area contributed by atoms with Crippen molar-refractivity contribution in [2.45, 2.75) is 6.42 Å². The van der Waals surface area contributed by atoms with Gasteiger partial charge in [-0.3, -0.25) is 9.59 Å². The van der Waals surface area contributed by atoms with Crippen LogP contribution in [0.5, 0.6) is 17.2 Å². The van der Waals surface area contributed by atoms with E-state index in [1.165, 1.54) is 7.11 Å². The van der Waals surface area contributed by atoms with Crippen LogP contribution in [0.15, 0.2) is 42.5 Å². The molecule has 2 aromatic rings. The van der Waals surface area contributed by atoms with Gasteiger partial charge in [-0.2, -0.15) is 0 Å². The average Bonchev–Trinajstić information content (AvgIpc) is 3.09. The van der Waals surface area contributed by atoms with Gasteiger partial charge >= 0.3 is 0 Å². The maximum atomic E-state index is 12.7. The molecule has 2 amide bonds. The third kappa shape index (κ3) is 3.81. The number of para-hydroxylation sites is 2. The first-order chi connectivity index (χ1) is 13.1. The number of ether oxygens (including phenoxy) is 3. The van der Waals surface area contributed by atoms with E-state index in [1.807, 2.05) is 18.2 Å². The summed E-state index contributed by atoms with van der Waals surface area (Å²) in [6.07, 6.45) is 0.141. The molecule has 1 atom stereocenters. The monoisotopic (exact) mass is 370 g/mol. The zero-order chi connectivity index (χ0) is 19.4. The largest absolute Gasteiger partial charge is 0.497 e. The van der Waals surface area contributed by atoms with E-state index in [2.05, 4.69) is 5.32 Å². The van der Waals surface area contributed by atoms with E-state index in [4.69, 9.17) is 14.2 Å². The maximum absolute atomic E-state index is 12.7. The Balaban J connectivity index is 1.75. The Bertz CT molecular complexity index is 852. The smallest absolute Gasteiger partial charge is 0.229 e. The van der Waals surface area contributed by atoms with Crippen LogP contribution >= 0.6 is 0 Å². The summed E-state index contributed by atoms with van der Waals surface area (Å²) < 4.78 is 15.8. The molecule has 1 aliphatic rings. The van der Waals surface area contributed by atoms with E-state index in [0.29, 0.717) is 35.2 Å². The van der Waals surface area contributed by atoms with Crippen LogP contribution in [-0.2, 0) is 9.59 Å². The van der Waals surface area contributed by atoms with Gasteiger partial charge in [0.25, 0.3) is 0 Å². The molecule has 142 valence electrons. The molecule has 1 saturated heterocycles. The predicted octanol–water partition coefficient (Wildman–Crippen LogP) is 2.70. The number of hydrogen-bond donors (Lipinski definition) is 1. The van der Waals surface area contributed by atoms with Gasteiger partial charge in [0, 0.05) is 19.0 Å². The van der Waals surface area contributed by atoms with Crippen molar-refractivity contribution in [3.8, 4) is 17.2 Å². The highest BCUT2D eigenvalue weighted by Gasteiger charge is 2.36. The van der Waals surface area contributed by atoms with E-state index in [-0.39, 0.29) is 18.2 Å². The van der Waals surface area contributed by atoms with Gasteiger partial charge in [-0.15, -0.1) is 0 Å². The lowest BCUT2D eigenvalue weighted by Crippen LogP contribution is -2.28. The first-order valence-electron chi connectivity index (χ1n) is 8.53. The lowest BCUT2D eigenvalue weighted by atomic mass is 10.1. The van der Waals surface area contributed by atoms with Crippen LogP contribution in [0, 0.1) is 5.92 Å². The minimum Gasteiger partial charge on any atom is -0.497 e. The SMILES string of the molecule is COc1ccc(NC(=O)[C@H]2CC(=O)N(c3ccccc3OC)C2)c(OC)c1. The van der Waals surface area contributed by atoms with Gasteiger partial charge in [0.1, 0.15) is 17.2 Å². The first-order valence-corrected chi connectivity index (χ1v) is 8.53. The van der Waals surface area contributed by atoms with Crippen LogP contribution in [0.1, 0.15) is 6.42 Å². The summed E-state index contributed by atoms with van der Waals surface area (Å²) in [6, 6.07) is 12.4. The van der Waals surface area contributed by atoms with Gasteiger partial charge in [0.15, 0.2) is 0 Å². The van der Waals surface area contributed by atoms with Crippen molar-refractivity contribution in [3.63, 3.8) is 0 Å². The fraction of sp³-hybridized carbons (Fsp3) is 0.300. The predicted molar refractivity (Wildman–Crippen MR) is 102 cm³/mol. The summed E-state index contributed by atoms with van der Waals surface area (Å²) >= 11 is 0. The van der Waals surface area contributed by atoms with Gasteiger partial charge < -0.3 is 24.4 Å². The summed E-state index contributed by atoms with van der Waals surface area (Å²) in [5.41, 5.74) is 1.20. The number of hydrogen-bond acceptors (Lipinski definition) is 5. The van der Waals surface area contributed by atoms with Crippen LogP contribution in [0.3, 0.4) is 0 Å². The number of carbonyl (C=O) groups excluding carboxylic acids is 2. The number of amides is 2. The second-order valence-electron chi connectivity index (χ2n) is 6.13. The molecular weight excluding hydrogens is 348 g/mol. The molecule has 0 bridgehead atoms. The van der Waals surface area contributed by atoms with Crippen LogP contribution in [-0.4, -0.2) is 39.7 Å². The summed E-state index contributed by atoms with van der Waals surface area (Å²) in [5.74, 6) is 0.917. The highest BCUT2D eigenvalue weighted by atomic mass is 16.5. The van der Waals surface area contributed by atoms with Gasteiger partial charge in [-0.05, 0) is 24.3 Å². The van der Waals surface area contributed by atoms with E-state index in [0.717, 1.165) is 0 Å². The van der Waals surface area contributed by atoms with Gasteiger partial charge in [0.05, 0.1) is 38.6 Å². The molecule has 27 heavy (non-hydrogen) atoms. The lowest BCUT2D eigenvalue weighted by molar-refractivity contribution is -0.122. The zero-order valence-corrected chi connectivity index (χ0v) is 15.5. The molecule has 1 fully saturated rings. The normalized spacial score (nSPS) is 16.2. The van der Waals surface area contributed by atoms with Crippen LogP contribution in [0.2, 0.25) is 0 Å². The Kier molecular flexibility index (Phi) is 5.49. The van der Waals surface area contributed by atoms with Gasteiger partial charge in [-0.1, -0.05) is 12.1 Å². The number of nitrogens with one attached hydrogen (secondary N) is 1. The molecule has 1 N–H and O–H groups in total. The Morgan fingerprint density at radius 1 is 1.04 bits per heavy atom. The molecule has 0 aromatic heterocycles. The fourth-order valence-electron chi connectivity index (χ4n) is 3.11. The van der Waals surface area contributed by atoms with Gasteiger partial charge in [-0.25, -0.2) is 0 Å². The molecular formula is C20H22N2O5.